The number of nitrogens with zero attached hydrogens (tertiary/aromatic N) is 1. The number of aliphatic imine (C=N–C) groups is 1. The molecule has 0 radical (unpaired) electrons. The van der Waals surface area contributed by atoms with Crippen molar-refractivity contribution in [1.82, 2.24) is 4.72 Å². The van der Waals surface area contributed by atoms with Crippen LogP contribution in [0.4, 0.5) is 5.69 Å². The zero-order valence-corrected chi connectivity index (χ0v) is 16.5. The Morgan fingerprint density at radius 3 is 2.68 bits per heavy atom. The largest absolute Gasteiger partial charge is 0.456 e. The first-order chi connectivity index (χ1) is 13.4. The van der Waals surface area contributed by atoms with E-state index in [1.807, 2.05) is 0 Å². The van der Waals surface area contributed by atoms with E-state index < -0.39 is 22.5 Å². The van der Waals surface area contributed by atoms with Gasteiger partial charge in [0.1, 0.15) is 5.84 Å². The van der Waals surface area contributed by atoms with Crippen LogP contribution in [-0.4, -0.2) is 39.3 Å². The summed E-state index contributed by atoms with van der Waals surface area (Å²) in [7, 11) is -3.76. The van der Waals surface area contributed by atoms with E-state index in [0.717, 1.165) is 32.1 Å². The first kappa shape index (κ1) is 20.3. The lowest BCUT2D eigenvalue weighted by atomic mass is 10.1. The highest BCUT2D eigenvalue weighted by Gasteiger charge is 2.21. The first-order valence-electron chi connectivity index (χ1n) is 9.54. The molecule has 2 aliphatic rings. The van der Waals surface area contributed by atoms with Crippen molar-refractivity contribution in [1.29, 1.82) is 0 Å². The van der Waals surface area contributed by atoms with E-state index in [1.165, 1.54) is 18.2 Å². The van der Waals surface area contributed by atoms with Crippen molar-refractivity contribution in [2.75, 3.05) is 18.5 Å². The molecule has 0 aromatic heterocycles. The predicted octanol–water partition coefficient (Wildman–Crippen LogP) is 2.22. The molecule has 0 unspecified atom stereocenters. The number of hydrogen-bond donors (Lipinski definition) is 2. The highest BCUT2D eigenvalue weighted by molar-refractivity contribution is 7.90. The second kappa shape index (κ2) is 9.18. The molecule has 0 saturated heterocycles. The number of esters is 1. The Bertz CT molecular complexity index is 860. The monoisotopic (exact) mass is 407 g/mol. The number of nitrogens with one attached hydrogen (secondary N) is 2. The molecular formula is C19H25N3O5S. The normalized spacial score (nSPS) is 17.2. The molecule has 1 amide bonds. The van der Waals surface area contributed by atoms with Crippen LogP contribution in [0.3, 0.4) is 0 Å². The Morgan fingerprint density at radius 2 is 1.96 bits per heavy atom. The van der Waals surface area contributed by atoms with Crippen LogP contribution in [0.1, 0.15) is 44.9 Å². The van der Waals surface area contributed by atoms with E-state index in [2.05, 4.69) is 15.0 Å². The van der Waals surface area contributed by atoms with Crippen LogP contribution in [0.25, 0.3) is 0 Å². The van der Waals surface area contributed by atoms with E-state index in [9.17, 15) is 18.0 Å². The fourth-order valence-electron chi connectivity index (χ4n) is 3.43. The Morgan fingerprint density at radius 1 is 1.18 bits per heavy atom. The molecule has 0 atom stereocenters. The smallest absolute Gasteiger partial charge is 0.306 e. The Balaban J connectivity index is 1.51. The van der Waals surface area contributed by atoms with Crippen LogP contribution in [0.15, 0.2) is 34.2 Å². The molecule has 152 valence electrons. The maximum absolute atomic E-state index is 12.4. The molecule has 1 heterocycles. The molecular weight excluding hydrogens is 382 g/mol. The van der Waals surface area contributed by atoms with Gasteiger partial charge in [0.15, 0.2) is 6.61 Å². The SMILES string of the molecule is O=C(COC(=O)CC1CCCC1)Nc1cccc(S(=O)(=O)NC2=NCCC2)c1. The maximum Gasteiger partial charge on any atom is 0.306 e. The Hall–Kier alpha value is -2.42. The highest BCUT2D eigenvalue weighted by Crippen LogP contribution is 2.27. The van der Waals surface area contributed by atoms with Gasteiger partial charge in [0.25, 0.3) is 15.9 Å². The summed E-state index contributed by atoms with van der Waals surface area (Å²) in [5, 5.41) is 2.56. The summed E-state index contributed by atoms with van der Waals surface area (Å²) in [6.07, 6.45) is 6.11. The summed E-state index contributed by atoms with van der Waals surface area (Å²) in [6.45, 7) is 0.227. The van der Waals surface area contributed by atoms with Gasteiger partial charge in [0.05, 0.1) is 4.90 Å². The van der Waals surface area contributed by atoms with E-state index in [4.69, 9.17) is 4.74 Å². The summed E-state index contributed by atoms with van der Waals surface area (Å²) in [6, 6.07) is 5.91. The Kier molecular flexibility index (Phi) is 6.66. The van der Waals surface area contributed by atoms with Gasteiger partial charge in [-0.1, -0.05) is 18.9 Å². The summed E-state index contributed by atoms with van der Waals surface area (Å²) in [5.74, 6) is -0.0830. The molecule has 0 spiro atoms. The van der Waals surface area contributed by atoms with Crippen LogP contribution in [0.5, 0.6) is 0 Å². The van der Waals surface area contributed by atoms with Gasteiger partial charge >= 0.3 is 5.97 Å². The van der Waals surface area contributed by atoms with Gasteiger partial charge in [-0.05, 0) is 43.4 Å². The number of sulfonamides is 1. The standard InChI is InChI=1S/C19H25N3O5S/c23-18(13-27-19(24)11-14-5-1-2-6-14)21-15-7-3-8-16(12-15)28(25,26)22-17-9-4-10-20-17/h3,7-8,12,14H,1-2,4-6,9-11,13H2,(H,20,22)(H,21,23). The number of carbonyl (C=O) groups excluding carboxylic acids is 2. The number of hydrogen-bond acceptors (Lipinski definition) is 6. The summed E-state index contributed by atoms with van der Waals surface area (Å²) in [5.41, 5.74) is 0.313. The average Bonchev–Trinajstić information content (AvgIpc) is 3.34. The molecule has 28 heavy (non-hydrogen) atoms. The summed E-state index contributed by atoms with van der Waals surface area (Å²) in [4.78, 5) is 28.0. The van der Waals surface area contributed by atoms with Crippen molar-refractivity contribution >= 4 is 33.4 Å². The molecule has 1 aliphatic heterocycles. The molecule has 1 aliphatic carbocycles. The Labute approximate surface area is 164 Å². The number of rotatable bonds is 7. The maximum atomic E-state index is 12.4. The van der Waals surface area contributed by atoms with Gasteiger partial charge in [-0.15, -0.1) is 0 Å². The van der Waals surface area contributed by atoms with Gasteiger partial charge in [-0.25, -0.2) is 8.42 Å². The average molecular weight is 407 g/mol. The van der Waals surface area contributed by atoms with Crippen molar-refractivity contribution in [3.8, 4) is 0 Å². The van der Waals surface area contributed by atoms with Crippen molar-refractivity contribution in [2.24, 2.45) is 10.9 Å². The van der Waals surface area contributed by atoms with Crippen LogP contribution < -0.4 is 10.0 Å². The quantitative estimate of drug-likeness (QED) is 0.673. The number of amides is 1. The van der Waals surface area contributed by atoms with E-state index in [-0.39, 0.29) is 10.9 Å². The third kappa shape index (κ3) is 5.79. The topological polar surface area (TPSA) is 114 Å². The van der Waals surface area contributed by atoms with E-state index in [1.54, 1.807) is 6.07 Å². The van der Waals surface area contributed by atoms with Gasteiger partial charge in [-0.3, -0.25) is 19.3 Å². The lowest BCUT2D eigenvalue weighted by molar-refractivity contribution is -0.148. The van der Waals surface area contributed by atoms with Gasteiger partial charge in [0, 0.05) is 25.1 Å². The summed E-state index contributed by atoms with van der Waals surface area (Å²) >= 11 is 0. The second-order valence-electron chi connectivity index (χ2n) is 7.13. The fourth-order valence-corrected chi connectivity index (χ4v) is 4.56. The van der Waals surface area contributed by atoms with E-state index >= 15 is 0 Å². The lowest BCUT2D eigenvalue weighted by Crippen LogP contribution is -2.29. The predicted molar refractivity (Wildman–Crippen MR) is 104 cm³/mol. The number of amidine groups is 1. The first-order valence-corrected chi connectivity index (χ1v) is 11.0. The number of carbonyl (C=O) groups is 2. The number of anilines is 1. The molecule has 9 heteroatoms. The molecule has 1 fully saturated rings. The minimum Gasteiger partial charge on any atom is -0.456 e. The van der Waals surface area contributed by atoms with Crippen LogP contribution in [0, 0.1) is 5.92 Å². The third-order valence-corrected chi connectivity index (χ3v) is 6.23. The second-order valence-corrected chi connectivity index (χ2v) is 8.81. The van der Waals surface area contributed by atoms with Crippen LogP contribution in [-0.2, 0) is 24.3 Å². The minimum atomic E-state index is -3.76. The van der Waals surface area contributed by atoms with Crippen molar-refractivity contribution in [3.63, 3.8) is 0 Å². The van der Waals surface area contributed by atoms with Crippen LogP contribution >= 0.6 is 0 Å². The molecule has 2 N–H and O–H groups in total. The molecule has 1 saturated carbocycles. The molecule has 0 bridgehead atoms. The van der Waals surface area contributed by atoms with E-state index in [0.29, 0.717) is 36.8 Å². The van der Waals surface area contributed by atoms with Gasteiger partial charge in [-0.2, -0.15) is 0 Å². The van der Waals surface area contributed by atoms with Crippen molar-refractivity contribution < 1.29 is 22.7 Å². The van der Waals surface area contributed by atoms with Crippen molar-refractivity contribution in [2.45, 2.75) is 49.8 Å². The molecule has 1 aromatic rings. The van der Waals surface area contributed by atoms with Crippen LogP contribution in [0.2, 0.25) is 0 Å². The van der Waals surface area contributed by atoms with Gasteiger partial charge < -0.3 is 10.1 Å². The molecule has 1 aromatic carbocycles. The lowest BCUT2D eigenvalue weighted by Gasteiger charge is -2.11. The summed E-state index contributed by atoms with van der Waals surface area (Å²) < 4.78 is 32.4. The minimum absolute atomic E-state index is 0.0260. The fraction of sp³-hybridized carbons (Fsp3) is 0.526. The zero-order chi connectivity index (χ0) is 20.0. The number of benzene rings is 1. The number of ether oxygens (including phenoxy) is 1. The molecule has 3 rings (SSSR count). The zero-order valence-electron chi connectivity index (χ0n) is 15.6. The van der Waals surface area contributed by atoms with Crippen molar-refractivity contribution in [3.05, 3.63) is 24.3 Å². The highest BCUT2D eigenvalue weighted by atomic mass is 32.2. The van der Waals surface area contributed by atoms with Gasteiger partial charge in [0.2, 0.25) is 0 Å². The molecule has 8 nitrogen and oxygen atoms in total. The third-order valence-electron chi connectivity index (χ3n) is 4.85.